The summed E-state index contributed by atoms with van der Waals surface area (Å²) < 4.78 is 27.6. The smallest absolute Gasteiger partial charge is 0.243 e. The van der Waals surface area contributed by atoms with Gasteiger partial charge in [0.15, 0.2) is 0 Å². The second-order valence-electron chi connectivity index (χ2n) is 10.6. The first-order valence-corrected chi connectivity index (χ1v) is 13.6. The summed E-state index contributed by atoms with van der Waals surface area (Å²) in [7, 11) is -3.61. The molecule has 33 heavy (non-hydrogen) atoms. The minimum atomic E-state index is -3.61. The van der Waals surface area contributed by atoms with E-state index < -0.39 is 10.0 Å². The number of nitrogens with one attached hydrogen (secondary N) is 2. The minimum absolute atomic E-state index is 0.0378. The van der Waals surface area contributed by atoms with Crippen molar-refractivity contribution in [2.24, 2.45) is 23.2 Å². The fourth-order valence-electron chi connectivity index (χ4n) is 7.01. The Labute approximate surface area is 196 Å². The molecule has 4 bridgehead atoms. The van der Waals surface area contributed by atoms with E-state index in [1.165, 1.54) is 29.6 Å². The highest BCUT2D eigenvalue weighted by molar-refractivity contribution is 7.89. The van der Waals surface area contributed by atoms with Crippen molar-refractivity contribution in [3.63, 3.8) is 0 Å². The van der Waals surface area contributed by atoms with Crippen molar-refractivity contribution in [3.8, 4) is 0 Å². The second kappa shape index (κ2) is 8.55. The van der Waals surface area contributed by atoms with E-state index in [1.54, 1.807) is 24.3 Å². The first kappa shape index (κ1) is 22.6. The van der Waals surface area contributed by atoms with Crippen molar-refractivity contribution in [1.82, 2.24) is 9.62 Å². The van der Waals surface area contributed by atoms with Crippen LogP contribution in [-0.4, -0.2) is 43.7 Å². The highest BCUT2D eigenvalue weighted by atomic mass is 32.2. The summed E-state index contributed by atoms with van der Waals surface area (Å²) in [5.41, 5.74) is 0.422. The van der Waals surface area contributed by atoms with E-state index in [0.717, 1.165) is 19.3 Å². The Balaban J connectivity index is 1.21. The molecule has 0 radical (unpaired) electrons. The number of sulfonamides is 1. The Morgan fingerprint density at radius 1 is 0.970 bits per heavy atom. The van der Waals surface area contributed by atoms with E-state index in [4.69, 9.17) is 0 Å². The van der Waals surface area contributed by atoms with Crippen LogP contribution in [0.2, 0.25) is 0 Å². The van der Waals surface area contributed by atoms with E-state index >= 15 is 0 Å². The molecule has 5 fully saturated rings. The van der Waals surface area contributed by atoms with Gasteiger partial charge in [0.05, 0.1) is 10.3 Å². The van der Waals surface area contributed by atoms with Gasteiger partial charge in [-0.1, -0.05) is 6.58 Å². The maximum atomic E-state index is 13.3. The molecule has 178 valence electrons. The Bertz CT molecular complexity index is 1010. The van der Waals surface area contributed by atoms with Gasteiger partial charge in [-0.05, 0) is 99.5 Å². The van der Waals surface area contributed by atoms with E-state index in [2.05, 4.69) is 17.2 Å². The lowest BCUT2D eigenvalue weighted by Gasteiger charge is -2.55. The molecular formula is C25H33N3O4S. The molecule has 5 aliphatic rings. The van der Waals surface area contributed by atoms with E-state index in [0.29, 0.717) is 49.4 Å². The molecule has 1 aromatic rings. The zero-order valence-corrected chi connectivity index (χ0v) is 19.8. The van der Waals surface area contributed by atoms with Gasteiger partial charge in [-0.15, -0.1) is 0 Å². The molecule has 2 amide bonds. The fourth-order valence-corrected chi connectivity index (χ4v) is 8.48. The molecule has 0 spiro atoms. The molecule has 1 aliphatic heterocycles. The molecule has 2 N–H and O–H groups in total. The number of nitrogens with zero attached hydrogens (tertiary/aromatic N) is 1. The summed E-state index contributed by atoms with van der Waals surface area (Å²) in [5, 5.41) is 5.93. The van der Waals surface area contributed by atoms with Crippen molar-refractivity contribution >= 4 is 27.5 Å². The molecule has 4 aliphatic carbocycles. The van der Waals surface area contributed by atoms with Gasteiger partial charge in [-0.25, -0.2) is 8.42 Å². The molecule has 1 heterocycles. The lowest BCUT2D eigenvalue weighted by Crippen LogP contribution is -2.51. The summed E-state index contributed by atoms with van der Waals surface area (Å²) in [4.78, 5) is 25.0. The number of hydrogen-bond acceptors (Lipinski definition) is 4. The molecule has 0 unspecified atom stereocenters. The molecule has 8 heteroatoms. The van der Waals surface area contributed by atoms with Crippen molar-refractivity contribution in [3.05, 3.63) is 36.9 Å². The van der Waals surface area contributed by atoms with Gasteiger partial charge in [0.1, 0.15) is 0 Å². The second-order valence-corrected chi connectivity index (χ2v) is 12.5. The number of piperidine rings is 1. The summed E-state index contributed by atoms with van der Waals surface area (Å²) in [6.45, 7) is 4.16. The standard InChI is InChI=1S/C25H33N3O4S/c1-2-23(29)26-21-7-9-28(10-8-21)33(31,32)22-5-3-20(4-6-22)27-24(30)25-14-17-11-18(15-25)13-19(12-17)16-25/h2-6,17-19,21H,1,7-16H2,(H,26,29)(H,27,30). The zero-order chi connectivity index (χ0) is 23.2. The molecule has 6 rings (SSSR count). The van der Waals surface area contributed by atoms with Crippen LogP contribution in [-0.2, 0) is 19.6 Å². The van der Waals surface area contributed by atoms with Gasteiger partial charge >= 0.3 is 0 Å². The quantitative estimate of drug-likeness (QED) is 0.623. The zero-order valence-electron chi connectivity index (χ0n) is 19.0. The number of anilines is 1. The lowest BCUT2D eigenvalue weighted by atomic mass is 9.49. The summed E-state index contributed by atoms with van der Waals surface area (Å²) in [6, 6.07) is 6.51. The van der Waals surface area contributed by atoms with Crippen LogP contribution in [0.5, 0.6) is 0 Å². The maximum Gasteiger partial charge on any atom is 0.243 e. The highest BCUT2D eigenvalue weighted by Gasteiger charge is 2.54. The van der Waals surface area contributed by atoms with E-state index in [1.807, 2.05) is 0 Å². The van der Waals surface area contributed by atoms with E-state index in [9.17, 15) is 18.0 Å². The number of rotatable bonds is 6. The van der Waals surface area contributed by atoms with Crippen LogP contribution < -0.4 is 10.6 Å². The fraction of sp³-hybridized carbons (Fsp3) is 0.600. The Morgan fingerprint density at radius 2 is 1.52 bits per heavy atom. The Kier molecular flexibility index (Phi) is 5.85. The van der Waals surface area contributed by atoms with Gasteiger partial charge in [-0.3, -0.25) is 9.59 Å². The Morgan fingerprint density at radius 3 is 2.03 bits per heavy atom. The van der Waals surface area contributed by atoms with Gasteiger partial charge in [0.2, 0.25) is 21.8 Å². The van der Waals surface area contributed by atoms with Crippen molar-refractivity contribution in [1.29, 1.82) is 0 Å². The average molecular weight is 472 g/mol. The average Bonchev–Trinajstić information content (AvgIpc) is 2.79. The van der Waals surface area contributed by atoms with Gasteiger partial charge < -0.3 is 10.6 Å². The topological polar surface area (TPSA) is 95.6 Å². The third-order valence-electron chi connectivity index (χ3n) is 8.26. The third kappa shape index (κ3) is 4.35. The largest absolute Gasteiger partial charge is 0.350 e. The summed E-state index contributed by atoms with van der Waals surface area (Å²) in [6.07, 6.45) is 9.23. The van der Waals surface area contributed by atoms with Crippen LogP contribution in [0.3, 0.4) is 0 Å². The summed E-state index contributed by atoms with van der Waals surface area (Å²) in [5.74, 6) is 1.97. The van der Waals surface area contributed by atoms with Crippen LogP contribution in [0.15, 0.2) is 41.8 Å². The van der Waals surface area contributed by atoms with Crippen LogP contribution >= 0.6 is 0 Å². The Hall–Kier alpha value is -2.19. The molecule has 1 saturated heterocycles. The molecule has 0 atom stereocenters. The predicted molar refractivity (Wildman–Crippen MR) is 126 cm³/mol. The number of carbonyl (C=O) groups excluding carboxylic acids is 2. The molecule has 1 aromatic carbocycles. The maximum absolute atomic E-state index is 13.3. The number of benzene rings is 1. The normalized spacial score (nSPS) is 31.8. The van der Waals surface area contributed by atoms with E-state index in [-0.39, 0.29) is 28.2 Å². The highest BCUT2D eigenvalue weighted by Crippen LogP contribution is 2.60. The van der Waals surface area contributed by atoms with Crippen LogP contribution in [0.1, 0.15) is 51.4 Å². The third-order valence-corrected chi connectivity index (χ3v) is 10.2. The van der Waals surface area contributed by atoms with Crippen molar-refractivity contribution < 1.29 is 18.0 Å². The summed E-state index contributed by atoms with van der Waals surface area (Å²) >= 11 is 0. The first-order valence-electron chi connectivity index (χ1n) is 12.1. The van der Waals surface area contributed by atoms with Crippen LogP contribution in [0.25, 0.3) is 0 Å². The van der Waals surface area contributed by atoms with Gasteiger partial charge in [0, 0.05) is 24.8 Å². The monoisotopic (exact) mass is 471 g/mol. The van der Waals surface area contributed by atoms with Crippen molar-refractivity contribution in [2.45, 2.75) is 62.3 Å². The molecule has 0 aromatic heterocycles. The number of carbonyl (C=O) groups is 2. The molecular weight excluding hydrogens is 438 g/mol. The van der Waals surface area contributed by atoms with Crippen LogP contribution in [0.4, 0.5) is 5.69 Å². The van der Waals surface area contributed by atoms with Gasteiger partial charge in [-0.2, -0.15) is 4.31 Å². The predicted octanol–water partition coefficient (Wildman–Crippen LogP) is 3.30. The first-order chi connectivity index (χ1) is 15.8. The minimum Gasteiger partial charge on any atom is -0.350 e. The number of amides is 2. The van der Waals surface area contributed by atoms with Crippen LogP contribution in [0, 0.1) is 23.2 Å². The number of hydrogen-bond donors (Lipinski definition) is 2. The molecule has 7 nitrogen and oxygen atoms in total. The molecule has 4 saturated carbocycles. The van der Waals surface area contributed by atoms with Gasteiger partial charge in [0.25, 0.3) is 0 Å². The van der Waals surface area contributed by atoms with Crippen molar-refractivity contribution in [2.75, 3.05) is 18.4 Å². The lowest BCUT2D eigenvalue weighted by molar-refractivity contribution is -0.140. The SMILES string of the molecule is C=CC(=O)NC1CCN(S(=O)(=O)c2ccc(NC(=O)C34CC5CC(CC(C5)C3)C4)cc2)CC1.